The van der Waals surface area contributed by atoms with Gasteiger partial charge in [0, 0.05) is 23.0 Å². The molecular weight excluding hydrogens is 346 g/mol. The number of anilines is 1. The quantitative estimate of drug-likeness (QED) is 0.502. The molecule has 0 heterocycles. The number of amides is 1. The highest BCUT2D eigenvalue weighted by Gasteiger charge is 2.11. The zero-order valence-corrected chi connectivity index (χ0v) is 14.3. The number of rotatable bonds is 5. The van der Waals surface area contributed by atoms with Crippen LogP contribution in [-0.4, -0.2) is 23.6 Å². The minimum Gasteiger partial charge on any atom is -0.867 e. The number of carbonyl (C=O) groups is 1. The molecular formula is C17H15ClN3O4-. The van der Waals surface area contributed by atoms with E-state index in [-0.39, 0.29) is 23.0 Å². The lowest BCUT2D eigenvalue weighted by molar-refractivity contribution is -0.398. The van der Waals surface area contributed by atoms with E-state index in [0.29, 0.717) is 5.69 Å². The maximum atomic E-state index is 12.0. The summed E-state index contributed by atoms with van der Waals surface area (Å²) in [6.07, 6.45) is 1.12. The van der Waals surface area contributed by atoms with Gasteiger partial charge in [-0.05, 0) is 42.4 Å². The standard InChI is InChI=1S/C17H16ClN3O4/c1-10-4-3-5-11(2)16(10)20-15(22)9-19-8-12-6-13(18)7-14(17(12)23)21(24)25/h3-8,23H,9H2,1-2H3,(H,20,22)/p-1. The van der Waals surface area contributed by atoms with Crippen LogP contribution >= 0.6 is 11.6 Å². The Morgan fingerprint density at radius 1 is 1.32 bits per heavy atom. The molecule has 8 heteroatoms. The van der Waals surface area contributed by atoms with Gasteiger partial charge in [0.2, 0.25) is 5.91 Å². The first-order valence-electron chi connectivity index (χ1n) is 7.30. The molecule has 1 amide bonds. The number of para-hydroxylation sites is 1. The number of hydrogen-bond donors (Lipinski definition) is 1. The first kappa shape index (κ1) is 18.4. The highest BCUT2D eigenvalue weighted by Crippen LogP contribution is 2.30. The van der Waals surface area contributed by atoms with Crippen molar-refractivity contribution in [1.82, 2.24) is 0 Å². The fourth-order valence-electron chi connectivity index (χ4n) is 2.25. The summed E-state index contributed by atoms with van der Waals surface area (Å²) in [5.41, 5.74) is 1.88. The summed E-state index contributed by atoms with van der Waals surface area (Å²) in [6, 6.07) is 7.89. The van der Waals surface area contributed by atoms with E-state index < -0.39 is 16.4 Å². The number of benzene rings is 2. The Morgan fingerprint density at radius 3 is 2.56 bits per heavy atom. The molecule has 0 bridgehead atoms. The molecule has 0 saturated heterocycles. The molecule has 0 atom stereocenters. The highest BCUT2D eigenvalue weighted by atomic mass is 35.5. The van der Waals surface area contributed by atoms with E-state index >= 15 is 0 Å². The van der Waals surface area contributed by atoms with Crippen LogP contribution in [0.3, 0.4) is 0 Å². The number of nitro groups is 1. The predicted octanol–water partition coefficient (Wildman–Crippen LogP) is 3.00. The van der Waals surface area contributed by atoms with Gasteiger partial charge in [0.05, 0.1) is 4.92 Å². The smallest absolute Gasteiger partial charge is 0.263 e. The molecule has 2 aromatic carbocycles. The minimum atomic E-state index is -0.806. The number of aryl methyl sites for hydroxylation is 2. The Labute approximate surface area is 149 Å². The van der Waals surface area contributed by atoms with Gasteiger partial charge >= 0.3 is 0 Å². The fraction of sp³-hybridized carbons (Fsp3) is 0.176. The summed E-state index contributed by atoms with van der Waals surface area (Å²) < 4.78 is 0. The molecule has 0 aliphatic heterocycles. The van der Waals surface area contributed by atoms with Crippen LogP contribution in [0.15, 0.2) is 35.3 Å². The number of halogens is 1. The second-order valence-electron chi connectivity index (χ2n) is 5.39. The second kappa shape index (κ2) is 7.76. The fourth-order valence-corrected chi connectivity index (χ4v) is 2.47. The zero-order chi connectivity index (χ0) is 18.6. The molecule has 0 spiro atoms. The first-order chi connectivity index (χ1) is 11.8. The van der Waals surface area contributed by atoms with E-state index in [1.165, 1.54) is 6.07 Å². The Morgan fingerprint density at radius 2 is 1.96 bits per heavy atom. The van der Waals surface area contributed by atoms with E-state index in [0.717, 1.165) is 23.4 Å². The monoisotopic (exact) mass is 360 g/mol. The molecule has 0 unspecified atom stereocenters. The number of nitrogens with one attached hydrogen (secondary N) is 1. The van der Waals surface area contributed by atoms with Crippen molar-refractivity contribution in [2.24, 2.45) is 4.99 Å². The normalized spacial score (nSPS) is 10.8. The lowest BCUT2D eigenvalue weighted by Crippen LogP contribution is -2.16. The zero-order valence-electron chi connectivity index (χ0n) is 13.6. The molecule has 0 fully saturated rings. The number of carbonyl (C=O) groups excluding carboxylic acids is 1. The third kappa shape index (κ3) is 4.54. The van der Waals surface area contributed by atoms with Gasteiger partial charge in [-0.3, -0.25) is 19.9 Å². The Hall–Kier alpha value is -2.93. The van der Waals surface area contributed by atoms with Gasteiger partial charge in [-0.25, -0.2) is 0 Å². The van der Waals surface area contributed by atoms with Crippen molar-refractivity contribution in [2.45, 2.75) is 13.8 Å². The van der Waals surface area contributed by atoms with Crippen LogP contribution in [0.2, 0.25) is 5.02 Å². The van der Waals surface area contributed by atoms with Gasteiger partial charge in [0.1, 0.15) is 6.54 Å². The van der Waals surface area contributed by atoms with Gasteiger partial charge in [0.15, 0.2) is 0 Å². The Kier molecular flexibility index (Phi) is 5.71. The van der Waals surface area contributed by atoms with Crippen molar-refractivity contribution >= 4 is 35.1 Å². The van der Waals surface area contributed by atoms with E-state index in [4.69, 9.17) is 11.6 Å². The molecule has 0 radical (unpaired) electrons. The van der Waals surface area contributed by atoms with E-state index in [2.05, 4.69) is 10.3 Å². The number of nitrogens with zero attached hydrogens (tertiary/aromatic N) is 2. The summed E-state index contributed by atoms with van der Waals surface area (Å²) in [7, 11) is 0. The summed E-state index contributed by atoms with van der Waals surface area (Å²) in [5, 5.41) is 25.5. The molecule has 0 aliphatic carbocycles. The maximum Gasteiger partial charge on any atom is 0.263 e. The first-order valence-corrected chi connectivity index (χ1v) is 7.68. The van der Waals surface area contributed by atoms with Crippen LogP contribution in [0.1, 0.15) is 16.7 Å². The molecule has 0 aliphatic rings. The van der Waals surface area contributed by atoms with E-state index in [9.17, 15) is 20.0 Å². The van der Waals surface area contributed by atoms with Crippen molar-refractivity contribution in [3.05, 3.63) is 62.2 Å². The third-order valence-electron chi connectivity index (χ3n) is 3.47. The van der Waals surface area contributed by atoms with Crippen molar-refractivity contribution in [3.63, 3.8) is 0 Å². The van der Waals surface area contributed by atoms with Gasteiger partial charge in [0.25, 0.3) is 5.69 Å². The van der Waals surface area contributed by atoms with Crippen LogP contribution in [-0.2, 0) is 4.79 Å². The number of nitro benzene ring substituents is 1. The van der Waals surface area contributed by atoms with Gasteiger partial charge < -0.3 is 10.4 Å². The Bertz CT molecular complexity index is 845. The number of hydrogen-bond acceptors (Lipinski definition) is 5. The molecule has 0 aromatic heterocycles. The minimum absolute atomic E-state index is 0.0425. The summed E-state index contributed by atoms with van der Waals surface area (Å²) in [5.74, 6) is -1.16. The predicted molar refractivity (Wildman–Crippen MR) is 94.6 cm³/mol. The van der Waals surface area contributed by atoms with Gasteiger partial charge in [-0.2, -0.15) is 0 Å². The van der Waals surface area contributed by atoms with Crippen LogP contribution in [0.5, 0.6) is 5.75 Å². The average Bonchev–Trinajstić information content (AvgIpc) is 2.53. The highest BCUT2D eigenvalue weighted by molar-refractivity contribution is 6.31. The molecule has 1 N–H and O–H groups in total. The molecule has 2 rings (SSSR count). The average molecular weight is 361 g/mol. The van der Waals surface area contributed by atoms with E-state index in [1.54, 1.807) is 0 Å². The molecule has 7 nitrogen and oxygen atoms in total. The maximum absolute atomic E-state index is 12.0. The van der Waals surface area contributed by atoms with Crippen LogP contribution in [0, 0.1) is 24.0 Å². The molecule has 2 aromatic rings. The van der Waals surface area contributed by atoms with Gasteiger partial charge in [-0.1, -0.05) is 29.8 Å². The van der Waals surface area contributed by atoms with Crippen LogP contribution < -0.4 is 10.4 Å². The van der Waals surface area contributed by atoms with Gasteiger partial charge in [-0.15, -0.1) is 0 Å². The topological polar surface area (TPSA) is 108 Å². The van der Waals surface area contributed by atoms with Crippen LogP contribution in [0.25, 0.3) is 0 Å². The Balaban J connectivity index is 2.11. The van der Waals surface area contributed by atoms with Crippen molar-refractivity contribution in [3.8, 4) is 5.75 Å². The SMILES string of the molecule is Cc1cccc(C)c1NC(=O)CN=Cc1cc(Cl)cc([N+](=O)[O-])c1[O-]. The molecule has 25 heavy (non-hydrogen) atoms. The lowest BCUT2D eigenvalue weighted by atomic mass is 10.1. The third-order valence-corrected chi connectivity index (χ3v) is 3.69. The molecule has 130 valence electrons. The van der Waals surface area contributed by atoms with E-state index in [1.807, 2.05) is 32.0 Å². The van der Waals surface area contributed by atoms with Crippen molar-refractivity contribution < 1.29 is 14.8 Å². The summed E-state index contributed by atoms with van der Waals surface area (Å²) >= 11 is 5.77. The van der Waals surface area contributed by atoms with Crippen molar-refractivity contribution in [1.29, 1.82) is 0 Å². The van der Waals surface area contributed by atoms with Crippen LogP contribution in [0.4, 0.5) is 11.4 Å². The lowest BCUT2D eigenvalue weighted by Gasteiger charge is -2.11. The summed E-state index contributed by atoms with van der Waals surface area (Å²) in [4.78, 5) is 25.9. The molecule has 0 saturated carbocycles. The largest absolute Gasteiger partial charge is 0.867 e. The second-order valence-corrected chi connectivity index (χ2v) is 5.82. The number of aliphatic imine (C=N–C) groups is 1. The van der Waals surface area contributed by atoms with Crippen molar-refractivity contribution in [2.75, 3.05) is 11.9 Å². The summed E-state index contributed by atoms with van der Waals surface area (Å²) in [6.45, 7) is 3.52.